The van der Waals surface area contributed by atoms with E-state index >= 15 is 0 Å². The molecule has 0 spiro atoms. The minimum atomic E-state index is -0.838. The number of rotatable bonds is 5. The first-order valence-corrected chi connectivity index (χ1v) is 11.1. The van der Waals surface area contributed by atoms with Crippen molar-refractivity contribution in [2.45, 2.75) is 6.04 Å². The molecular weight excluding hydrogens is 444 g/mol. The fraction of sp³-hybridized carbons (Fsp3) is 0.143. The monoisotopic (exact) mass is 468 g/mol. The van der Waals surface area contributed by atoms with Crippen LogP contribution in [0, 0.1) is 0 Å². The summed E-state index contributed by atoms with van der Waals surface area (Å²) in [6, 6.07) is 20.6. The Hall–Kier alpha value is -4.52. The highest BCUT2D eigenvalue weighted by Crippen LogP contribution is 2.45. The van der Waals surface area contributed by atoms with Gasteiger partial charge >= 0.3 is 0 Å². The van der Waals surface area contributed by atoms with Crippen LogP contribution in [0.3, 0.4) is 0 Å². The number of hydrogen-bond acceptors (Lipinski definition) is 5. The number of Topliss-reactive ketones (excluding diaryl/α,β-unsaturated/α-hetero) is 1. The molecule has 0 saturated carbocycles. The van der Waals surface area contributed by atoms with Crippen LogP contribution in [0.15, 0.2) is 84.6 Å². The number of para-hydroxylation sites is 1. The number of methoxy groups -OCH3 is 2. The fourth-order valence-corrected chi connectivity index (χ4v) is 4.65. The maximum absolute atomic E-state index is 13.4. The average Bonchev–Trinajstić information content (AvgIpc) is 3.37. The van der Waals surface area contributed by atoms with E-state index < -0.39 is 17.7 Å². The summed E-state index contributed by atoms with van der Waals surface area (Å²) in [4.78, 5) is 28.3. The van der Waals surface area contributed by atoms with Gasteiger partial charge in [0.2, 0.25) is 0 Å². The Morgan fingerprint density at radius 2 is 1.60 bits per heavy atom. The van der Waals surface area contributed by atoms with E-state index in [1.807, 2.05) is 42.1 Å². The Morgan fingerprint density at radius 3 is 2.31 bits per heavy atom. The summed E-state index contributed by atoms with van der Waals surface area (Å²) < 4.78 is 12.5. The zero-order valence-electron chi connectivity index (χ0n) is 19.6. The Bertz CT molecular complexity index is 1480. The van der Waals surface area contributed by atoms with E-state index in [1.165, 1.54) is 4.90 Å². The largest absolute Gasteiger partial charge is 0.507 e. The van der Waals surface area contributed by atoms with Crippen LogP contribution in [0.4, 0.5) is 5.69 Å². The van der Waals surface area contributed by atoms with Gasteiger partial charge in [0.1, 0.15) is 17.3 Å². The number of aryl methyl sites for hydroxylation is 1. The Labute approximate surface area is 202 Å². The van der Waals surface area contributed by atoms with Gasteiger partial charge in [-0.2, -0.15) is 0 Å². The van der Waals surface area contributed by atoms with E-state index in [2.05, 4.69) is 0 Å². The molecule has 4 aromatic rings. The van der Waals surface area contributed by atoms with Crippen LogP contribution in [0.5, 0.6) is 11.5 Å². The van der Waals surface area contributed by atoms with Crippen LogP contribution in [0.2, 0.25) is 0 Å². The topological polar surface area (TPSA) is 81.0 Å². The standard InChI is InChI=1S/C28H24N2O5/c1-29-16-22(21-9-4-5-10-23(21)29)25-24(26(31)17-11-13-19(34-2)14-12-17)27(32)28(33)30(25)18-7-6-8-20(15-18)35-3/h4-16,25,31H,1-3H3/b26-24+. The molecule has 1 saturated heterocycles. The summed E-state index contributed by atoms with van der Waals surface area (Å²) in [7, 11) is 5.00. The van der Waals surface area contributed by atoms with Crippen LogP contribution < -0.4 is 14.4 Å². The predicted octanol–water partition coefficient (Wildman–Crippen LogP) is 4.82. The summed E-state index contributed by atoms with van der Waals surface area (Å²) in [6.07, 6.45) is 1.90. The molecule has 5 rings (SSSR count). The quantitative estimate of drug-likeness (QED) is 0.258. The van der Waals surface area contributed by atoms with Gasteiger partial charge in [-0.05, 0) is 42.5 Å². The molecule has 35 heavy (non-hydrogen) atoms. The van der Waals surface area contributed by atoms with Crippen molar-refractivity contribution in [3.05, 3.63) is 95.7 Å². The van der Waals surface area contributed by atoms with E-state index in [0.717, 1.165) is 16.5 Å². The second-order valence-electron chi connectivity index (χ2n) is 8.31. The van der Waals surface area contributed by atoms with Crippen molar-refractivity contribution < 1.29 is 24.2 Å². The molecule has 7 nitrogen and oxygen atoms in total. The zero-order chi connectivity index (χ0) is 24.7. The van der Waals surface area contributed by atoms with E-state index in [9.17, 15) is 14.7 Å². The highest BCUT2D eigenvalue weighted by molar-refractivity contribution is 6.52. The van der Waals surface area contributed by atoms with E-state index in [4.69, 9.17) is 9.47 Å². The van der Waals surface area contributed by atoms with Gasteiger partial charge in [-0.15, -0.1) is 0 Å². The van der Waals surface area contributed by atoms with Crippen molar-refractivity contribution in [3.63, 3.8) is 0 Å². The van der Waals surface area contributed by atoms with Crippen LogP contribution >= 0.6 is 0 Å². The Balaban J connectivity index is 1.78. The minimum absolute atomic E-state index is 0.0272. The number of ketones is 1. The van der Waals surface area contributed by atoms with Crippen molar-refractivity contribution in [2.24, 2.45) is 7.05 Å². The molecule has 1 N–H and O–H groups in total. The normalized spacial score (nSPS) is 17.2. The number of aromatic nitrogens is 1. The number of ether oxygens (including phenoxy) is 2. The van der Waals surface area contributed by atoms with Gasteiger partial charge in [0, 0.05) is 47.0 Å². The zero-order valence-corrected chi connectivity index (χ0v) is 19.6. The number of anilines is 1. The van der Waals surface area contributed by atoms with Gasteiger partial charge in [0.25, 0.3) is 11.7 Å². The van der Waals surface area contributed by atoms with Crippen LogP contribution in [-0.2, 0) is 16.6 Å². The molecule has 7 heteroatoms. The number of carbonyl (C=O) groups excluding carboxylic acids is 2. The molecule has 1 unspecified atom stereocenters. The molecule has 1 amide bonds. The van der Waals surface area contributed by atoms with Crippen molar-refractivity contribution in [1.29, 1.82) is 0 Å². The van der Waals surface area contributed by atoms with Gasteiger partial charge in [-0.1, -0.05) is 24.3 Å². The van der Waals surface area contributed by atoms with Crippen LogP contribution in [0.1, 0.15) is 17.2 Å². The summed E-state index contributed by atoms with van der Waals surface area (Å²) in [5.74, 6) is -0.542. The molecule has 0 bridgehead atoms. The summed E-state index contributed by atoms with van der Waals surface area (Å²) >= 11 is 0. The first-order valence-electron chi connectivity index (χ1n) is 11.1. The summed E-state index contributed by atoms with van der Waals surface area (Å²) in [6.45, 7) is 0. The van der Waals surface area contributed by atoms with Crippen molar-refractivity contribution in [2.75, 3.05) is 19.1 Å². The van der Waals surface area contributed by atoms with E-state index in [0.29, 0.717) is 22.7 Å². The number of carbonyl (C=O) groups is 2. The van der Waals surface area contributed by atoms with Gasteiger partial charge in [-0.3, -0.25) is 14.5 Å². The molecule has 1 atom stereocenters. The van der Waals surface area contributed by atoms with Crippen LogP contribution in [0.25, 0.3) is 16.7 Å². The number of nitrogens with zero attached hydrogens (tertiary/aromatic N) is 2. The van der Waals surface area contributed by atoms with E-state index in [1.54, 1.807) is 62.8 Å². The highest BCUT2D eigenvalue weighted by Gasteiger charge is 2.48. The molecule has 2 heterocycles. The number of hydrogen-bond donors (Lipinski definition) is 1. The lowest BCUT2D eigenvalue weighted by Gasteiger charge is -2.25. The van der Waals surface area contributed by atoms with Gasteiger partial charge in [0.05, 0.1) is 25.8 Å². The lowest BCUT2D eigenvalue weighted by molar-refractivity contribution is -0.132. The molecule has 0 radical (unpaired) electrons. The molecule has 1 fully saturated rings. The second-order valence-corrected chi connectivity index (χ2v) is 8.31. The molecule has 1 aliphatic heterocycles. The summed E-state index contributed by atoms with van der Waals surface area (Å²) in [5.41, 5.74) is 2.63. The van der Waals surface area contributed by atoms with Crippen molar-refractivity contribution >= 4 is 34.0 Å². The van der Waals surface area contributed by atoms with Gasteiger partial charge in [-0.25, -0.2) is 0 Å². The van der Waals surface area contributed by atoms with Gasteiger partial charge in [0.15, 0.2) is 0 Å². The third-order valence-electron chi connectivity index (χ3n) is 6.36. The average molecular weight is 469 g/mol. The number of amides is 1. The molecule has 1 aromatic heterocycles. The number of aliphatic hydroxyl groups excluding tert-OH is 1. The van der Waals surface area contributed by atoms with Crippen molar-refractivity contribution in [1.82, 2.24) is 4.57 Å². The number of benzene rings is 3. The van der Waals surface area contributed by atoms with Gasteiger partial charge < -0.3 is 19.1 Å². The number of fused-ring (bicyclic) bond motifs is 1. The maximum Gasteiger partial charge on any atom is 0.300 e. The molecular formula is C28H24N2O5. The van der Waals surface area contributed by atoms with Crippen LogP contribution in [-0.4, -0.2) is 35.6 Å². The first-order chi connectivity index (χ1) is 16.9. The van der Waals surface area contributed by atoms with E-state index in [-0.39, 0.29) is 11.3 Å². The molecule has 176 valence electrons. The van der Waals surface area contributed by atoms with Crippen molar-refractivity contribution in [3.8, 4) is 11.5 Å². The third-order valence-corrected chi connectivity index (χ3v) is 6.36. The molecule has 1 aliphatic rings. The third kappa shape index (κ3) is 3.61. The Kier molecular flexibility index (Phi) is 5.53. The predicted molar refractivity (Wildman–Crippen MR) is 134 cm³/mol. The smallest absolute Gasteiger partial charge is 0.300 e. The number of aliphatic hydroxyl groups is 1. The fourth-order valence-electron chi connectivity index (χ4n) is 4.65. The first kappa shape index (κ1) is 22.3. The maximum atomic E-state index is 13.4. The highest BCUT2D eigenvalue weighted by atomic mass is 16.5. The summed E-state index contributed by atoms with van der Waals surface area (Å²) in [5, 5.41) is 12.2. The molecule has 0 aliphatic carbocycles. The minimum Gasteiger partial charge on any atom is -0.507 e. The lowest BCUT2D eigenvalue weighted by atomic mass is 9.94. The SMILES string of the molecule is COc1ccc(/C(O)=C2\C(=O)C(=O)N(c3cccc(OC)c3)C2c2cn(C)c3ccccc23)cc1. The Morgan fingerprint density at radius 1 is 0.886 bits per heavy atom. The molecule has 3 aromatic carbocycles. The second kappa shape index (κ2) is 8.68. The lowest BCUT2D eigenvalue weighted by Crippen LogP contribution is -2.29.